The molecule has 7 nitrogen and oxygen atoms in total. The second-order valence-electron chi connectivity index (χ2n) is 7.91. The molecule has 3 aromatic rings. The second-order valence-corrected chi connectivity index (χ2v) is 7.91. The number of aryl methyl sites for hydroxylation is 1. The van der Waals surface area contributed by atoms with Crippen molar-refractivity contribution in [2.45, 2.75) is 46.1 Å². The van der Waals surface area contributed by atoms with Crippen molar-refractivity contribution in [2.75, 3.05) is 19.8 Å². The van der Waals surface area contributed by atoms with Crippen LogP contribution in [-0.4, -0.2) is 31.9 Å². The molecule has 1 aliphatic rings. The van der Waals surface area contributed by atoms with Crippen LogP contribution in [0.2, 0.25) is 0 Å². The van der Waals surface area contributed by atoms with E-state index in [0.717, 1.165) is 18.4 Å². The van der Waals surface area contributed by atoms with E-state index >= 15 is 0 Å². The zero-order valence-electron chi connectivity index (χ0n) is 19.1. The van der Waals surface area contributed by atoms with E-state index in [0.29, 0.717) is 59.0 Å². The fourth-order valence-corrected chi connectivity index (χ4v) is 3.80. The van der Waals surface area contributed by atoms with Gasteiger partial charge in [-0.05, 0) is 49.6 Å². The first-order chi connectivity index (χ1) is 16.0. The van der Waals surface area contributed by atoms with Crippen LogP contribution < -0.4 is 19.6 Å². The van der Waals surface area contributed by atoms with E-state index in [1.807, 2.05) is 25.1 Å². The molecule has 0 saturated carbocycles. The summed E-state index contributed by atoms with van der Waals surface area (Å²) in [6.45, 7) is 6.88. The lowest BCUT2D eigenvalue weighted by atomic mass is 10.0. The van der Waals surface area contributed by atoms with Crippen LogP contribution in [0.5, 0.6) is 17.2 Å². The summed E-state index contributed by atoms with van der Waals surface area (Å²) in [6, 6.07) is 8.93. The molecular formula is C26H28O7. The summed E-state index contributed by atoms with van der Waals surface area (Å²) in [5.41, 5.74) is 2.22. The van der Waals surface area contributed by atoms with Gasteiger partial charge in [0.1, 0.15) is 17.6 Å². The summed E-state index contributed by atoms with van der Waals surface area (Å²) in [4.78, 5) is 25.4. The Hall–Kier alpha value is -3.48. The van der Waals surface area contributed by atoms with Crippen molar-refractivity contribution in [3.8, 4) is 28.4 Å². The third-order valence-electron chi connectivity index (χ3n) is 5.46. The molecular weight excluding hydrogens is 424 g/mol. The van der Waals surface area contributed by atoms with E-state index < -0.39 is 12.1 Å². The topological polar surface area (TPSA) is 84.2 Å². The Kier molecular flexibility index (Phi) is 6.87. The number of rotatable bonds is 7. The largest absolute Gasteiger partial charge is 0.490 e. The van der Waals surface area contributed by atoms with E-state index in [1.165, 1.54) is 6.26 Å². The smallest absolute Gasteiger partial charge is 0.347 e. The number of ether oxygens (including phenoxy) is 4. The number of fused-ring (bicyclic) bond motifs is 2. The highest BCUT2D eigenvalue weighted by Gasteiger charge is 2.20. The van der Waals surface area contributed by atoms with Gasteiger partial charge in [0.2, 0.25) is 5.43 Å². The fraction of sp³-hybridized carbons (Fsp3) is 0.385. The molecule has 0 N–H and O–H groups in total. The molecule has 0 fully saturated rings. The van der Waals surface area contributed by atoms with Gasteiger partial charge in [-0.1, -0.05) is 19.4 Å². The maximum atomic E-state index is 13.4. The van der Waals surface area contributed by atoms with Crippen LogP contribution in [0.25, 0.3) is 22.1 Å². The van der Waals surface area contributed by atoms with Gasteiger partial charge in [-0.2, -0.15) is 0 Å². The first-order valence-corrected chi connectivity index (χ1v) is 11.3. The Morgan fingerprint density at radius 1 is 1.09 bits per heavy atom. The average molecular weight is 453 g/mol. The van der Waals surface area contributed by atoms with Gasteiger partial charge in [-0.25, -0.2) is 4.79 Å². The molecule has 2 aromatic carbocycles. The molecule has 1 aromatic heterocycles. The van der Waals surface area contributed by atoms with Crippen molar-refractivity contribution in [1.29, 1.82) is 0 Å². The summed E-state index contributed by atoms with van der Waals surface area (Å²) in [6.07, 6.45) is 3.02. The Labute approximate surface area is 192 Å². The first-order valence-electron chi connectivity index (χ1n) is 11.3. The Morgan fingerprint density at radius 2 is 1.88 bits per heavy atom. The van der Waals surface area contributed by atoms with Gasteiger partial charge in [0.25, 0.3) is 0 Å². The number of esters is 1. The molecule has 1 atom stereocenters. The van der Waals surface area contributed by atoms with Crippen molar-refractivity contribution in [3.05, 3.63) is 52.4 Å². The zero-order valence-corrected chi connectivity index (χ0v) is 19.1. The molecule has 7 heteroatoms. The van der Waals surface area contributed by atoms with Crippen LogP contribution in [0.15, 0.2) is 45.8 Å². The van der Waals surface area contributed by atoms with Gasteiger partial charge in [0.05, 0.1) is 30.8 Å². The van der Waals surface area contributed by atoms with Gasteiger partial charge in [0.15, 0.2) is 17.6 Å². The quantitative estimate of drug-likeness (QED) is 0.471. The number of benzene rings is 2. The molecule has 0 bridgehead atoms. The average Bonchev–Trinajstić information content (AvgIpc) is 3.05. The first kappa shape index (κ1) is 22.7. The van der Waals surface area contributed by atoms with Crippen LogP contribution in [0.4, 0.5) is 0 Å². The van der Waals surface area contributed by atoms with Crippen LogP contribution in [-0.2, 0) is 16.0 Å². The highest BCUT2D eigenvalue weighted by Crippen LogP contribution is 2.34. The van der Waals surface area contributed by atoms with Gasteiger partial charge in [0, 0.05) is 12.5 Å². The SMILES string of the molecule is CCCc1cc2c(=O)c(-c3ccc4c(c3)OCCCO4)coc2cc1OC(C)C(=O)OCC. The van der Waals surface area contributed by atoms with Gasteiger partial charge >= 0.3 is 5.97 Å². The summed E-state index contributed by atoms with van der Waals surface area (Å²) in [7, 11) is 0. The summed E-state index contributed by atoms with van der Waals surface area (Å²) >= 11 is 0. The fourth-order valence-electron chi connectivity index (χ4n) is 3.80. The standard InChI is InChI=1S/C26H28O7/c1-4-7-18-12-19-23(14-22(18)33-16(3)26(28)29-5-2)32-15-20(25(19)27)17-8-9-21-24(13-17)31-11-6-10-30-21/h8-9,12-16H,4-7,10-11H2,1-3H3. The maximum absolute atomic E-state index is 13.4. The molecule has 1 aliphatic heterocycles. The highest BCUT2D eigenvalue weighted by molar-refractivity contribution is 5.84. The van der Waals surface area contributed by atoms with Crippen molar-refractivity contribution >= 4 is 16.9 Å². The zero-order chi connectivity index (χ0) is 23.4. The summed E-state index contributed by atoms with van der Waals surface area (Å²) < 4.78 is 28.2. The predicted molar refractivity (Wildman–Crippen MR) is 124 cm³/mol. The van der Waals surface area contributed by atoms with Crippen LogP contribution in [0, 0.1) is 0 Å². The number of hydrogen-bond acceptors (Lipinski definition) is 7. The normalized spacial score (nSPS) is 13.9. The summed E-state index contributed by atoms with van der Waals surface area (Å²) in [5.74, 6) is 1.36. The molecule has 0 amide bonds. The maximum Gasteiger partial charge on any atom is 0.347 e. The van der Waals surface area contributed by atoms with Crippen molar-refractivity contribution in [2.24, 2.45) is 0 Å². The minimum atomic E-state index is -0.772. The molecule has 4 rings (SSSR count). The molecule has 2 heterocycles. The van der Waals surface area contributed by atoms with Gasteiger partial charge in [-0.15, -0.1) is 0 Å². The van der Waals surface area contributed by atoms with E-state index in [-0.39, 0.29) is 12.0 Å². The lowest BCUT2D eigenvalue weighted by Gasteiger charge is -2.17. The number of carbonyl (C=O) groups excluding carboxylic acids is 1. The molecule has 33 heavy (non-hydrogen) atoms. The highest BCUT2D eigenvalue weighted by atomic mass is 16.6. The van der Waals surface area contributed by atoms with E-state index in [1.54, 1.807) is 26.0 Å². The molecule has 0 radical (unpaired) electrons. The third-order valence-corrected chi connectivity index (χ3v) is 5.46. The lowest BCUT2D eigenvalue weighted by molar-refractivity contribution is -0.150. The minimum absolute atomic E-state index is 0.145. The Bertz CT molecular complexity index is 1210. The van der Waals surface area contributed by atoms with E-state index in [9.17, 15) is 9.59 Å². The molecule has 1 unspecified atom stereocenters. The molecule has 174 valence electrons. The van der Waals surface area contributed by atoms with Crippen molar-refractivity contribution in [1.82, 2.24) is 0 Å². The Balaban J connectivity index is 1.74. The van der Waals surface area contributed by atoms with Gasteiger partial charge < -0.3 is 23.4 Å². The summed E-state index contributed by atoms with van der Waals surface area (Å²) in [5, 5.41) is 0.458. The van der Waals surface area contributed by atoms with Crippen LogP contribution >= 0.6 is 0 Å². The molecule has 0 spiro atoms. The third kappa shape index (κ3) is 4.82. The van der Waals surface area contributed by atoms with Crippen molar-refractivity contribution < 1.29 is 28.2 Å². The predicted octanol–water partition coefficient (Wildman–Crippen LogP) is 4.90. The van der Waals surface area contributed by atoms with Crippen molar-refractivity contribution in [3.63, 3.8) is 0 Å². The van der Waals surface area contributed by atoms with E-state index in [2.05, 4.69) is 0 Å². The van der Waals surface area contributed by atoms with E-state index in [4.69, 9.17) is 23.4 Å². The monoisotopic (exact) mass is 452 g/mol. The second kappa shape index (κ2) is 9.98. The number of hydrogen-bond donors (Lipinski definition) is 0. The number of carbonyl (C=O) groups is 1. The molecule has 0 aliphatic carbocycles. The van der Waals surface area contributed by atoms with Gasteiger partial charge in [-0.3, -0.25) is 4.79 Å². The Morgan fingerprint density at radius 3 is 2.64 bits per heavy atom. The lowest BCUT2D eigenvalue weighted by Crippen LogP contribution is -2.26. The van der Waals surface area contributed by atoms with Crippen LogP contribution in [0.1, 0.15) is 39.2 Å². The van der Waals surface area contributed by atoms with Crippen LogP contribution in [0.3, 0.4) is 0 Å². The minimum Gasteiger partial charge on any atom is -0.490 e. The molecule has 0 saturated heterocycles.